The van der Waals surface area contributed by atoms with Gasteiger partial charge in [0.05, 0.1) is 5.75 Å². The molecule has 0 heterocycles. The van der Waals surface area contributed by atoms with Gasteiger partial charge in [-0.2, -0.15) is 8.42 Å². The summed E-state index contributed by atoms with van der Waals surface area (Å²) in [5.41, 5.74) is 0.340. The fraction of sp³-hybridized carbons (Fsp3) is 0.778. The van der Waals surface area contributed by atoms with Crippen LogP contribution in [0.25, 0.3) is 0 Å². The van der Waals surface area contributed by atoms with Crippen LogP contribution in [-0.2, 0) is 10.1 Å². The fourth-order valence-electron chi connectivity index (χ4n) is 1.04. The van der Waals surface area contributed by atoms with Crippen molar-refractivity contribution in [2.45, 2.75) is 32.7 Å². The predicted octanol–water partition coefficient (Wildman–Crippen LogP) is 1.21. The Bertz CT molecular complexity index is 297. The molecule has 14 heavy (non-hydrogen) atoms. The highest BCUT2D eigenvalue weighted by Crippen LogP contribution is 2.12. The summed E-state index contributed by atoms with van der Waals surface area (Å²) < 4.78 is 30.2. The highest BCUT2D eigenvalue weighted by molar-refractivity contribution is 7.85. The highest BCUT2D eigenvalue weighted by Gasteiger charge is 2.27. The molecule has 0 amide bonds. The summed E-state index contributed by atoms with van der Waals surface area (Å²) in [5.74, 6) is -0.274. The van der Waals surface area contributed by atoms with E-state index < -0.39 is 15.7 Å². The van der Waals surface area contributed by atoms with E-state index in [1.165, 1.54) is 0 Å². The molecule has 0 bridgehead atoms. The van der Waals surface area contributed by atoms with Crippen LogP contribution in [0.5, 0.6) is 0 Å². The molecule has 0 aliphatic rings. The predicted molar refractivity (Wildman–Crippen MR) is 57.9 cm³/mol. The number of hydrogen-bond donors (Lipinski definition) is 2. The van der Waals surface area contributed by atoms with Crippen molar-refractivity contribution in [1.29, 1.82) is 0 Å². The Morgan fingerprint density at radius 3 is 2.36 bits per heavy atom. The molecule has 0 aliphatic heterocycles. The molecule has 0 spiro atoms. The lowest BCUT2D eigenvalue weighted by molar-refractivity contribution is 0.375. The molecule has 0 saturated heterocycles. The van der Waals surface area contributed by atoms with Crippen LogP contribution >= 0.6 is 0 Å². The van der Waals surface area contributed by atoms with E-state index in [4.69, 9.17) is 4.55 Å². The van der Waals surface area contributed by atoms with Crippen molar-refractivity contribution in [3.05, 3.63) is 12.2 Å². The molecule has 4 nitrogen and oxygen atoms in total. The van der Waals surface area contributed by atoms with Crippen molar-refractivity contribution in [2.24, 2.45) is 0 Å². The lowest BCUT2D eigenvalue weighted by Crippen LogP contribution is -2.47. The molecule has 0 radical (unpaired) electrons. The topological polar surface area (TPSA) is 66.4 Å². The van der Waals surface area contributed by atoms with Crippen LogP contribution in [0.2, 0.25) is 0 Å². The molecule has 0 aromatic carbocycles. The van der Waals surface area contributed by atoms with Crippen molar-refractivity contribution in [3.8, 4) is 0 Å². The van der Waals surface area contributed by atoms with Crippen molar-refractivity contribution in [1.82, 2.24) is 5.32 Å². The number of nitrogens with one attached hydrogen (secondary N) is 1. The van der Waals surface area contributed by atoms with Gasteiger partial charge in [-0.25, -0.2) is 0 Å². The molecule has 5 heteroatoms. The zero-order valence-corrected chi connectivity index (χ0v) is 9.82. The monoisotopic (exact) mass is 221 g/mol. The maximum absolute atomic E-state index is 10.7. The van der Waals surface area contributed by atoms with Gasteiger partial charge in [-0.05, 0) is 20.3 Å². The van der Waals surface area contributed by atoms with Crippen LogP contribution in [0.3, 0.4) is 0 Å². The summed E-state index contributed by atoms with van der Waals surface area (Å²) in [4.78, 5) is 0. The smallest absolute Gasteiger partial charge is 0.266 e. The van der Waals surface area contributed by atoms with Gasteiger partial charge in [0.2, 0.25) is 0 Å². The molecular formula is C9H19NO3S. The summed E-state index contributed by atoms with van der Waals surface area (Å²) >= 11 is 0. The van der Waals surface area contributed by atoms with E-state index in [9.17, 15) is 8.42 Å². The maximum Gasteiger partial charge on any atom is 0.266 e. The van der Waals surface area contributed by atoms with Crippen molar-refractivity contribution >= 4 is 10.1 Å². The third kappa shape index (κ3) is 6.12. The lowest BCUT2D eigenvalue weighted by atomic mass is 10.0. The van der Waals surface area contributed by atoms with Gasteiger partial charge in [-0.1, -0.05) is 19.1 Å². The minimum absolute atomic E-state index is 0.274. The third-order valence-corrected chi connectivity index (χ3v) is 3.10. The second-order valence-electron chi connectivity index (χ2n) is 3.95. The fourth-order valence-corrected chi connectivity index (χ4v) is 2.16. The number of rotatable bonds is 6. The highest BCUT2D eigenvalue weighted by atomic mass is 32.2. The molecule has 1 unspecified atom stereocenters. The van der Waals surface area contributed by atoms with E-state index in [0.29, 0.717) is 13.0 Å². The first-order chi connectivity index (χ1) is 6.18. The molecule has 0 rings (SSSR count). The first-order valence-electron chi connectivity index (χ1n) is 4.53. The van der Waals surface area contributed by atoms with Gasteiger partial charge < -0.3 is 5.32 Å². The summed E-state index contributed by atoms with van der Waals surface area (Å²) in [6.45, 7) is 9.77. The maximum atomic E-state index is 10.7. The van der Waals surface area contributed by atoms with Crippen molar-refractivity contribution in [3.63, 3.8) is 0 Å². The van der Waals surface area contributed by atoms with Gasteiger partial charge >= 0.3 is 0 Å². The zero-order valence-electron chi connectivity index (χ0n) is 9.00. The van der Waals surface area contributed by atoms with E-state index in [-0.39, 0.29) is 5.75 Å². The number of hydrogen-bond acceptors (Lipinski definition) is 3. The molecule has 84 valence electrons. The Balaban J connectivity index is 4.40. The van der Waals surface area contributed by atoms with E-state index in [1.807, 2.05) is 13.8 Å². The van der Waals surface area contributed by atoms with Crippen molar-refractivity contribution < 1.29 is 13.0 Å². The van der Waals surface area contributed by atoms with Gasteiger partial charge in [0.15, 0.2) is 0 Å². The Labute approximate surface area is 86.1 Å². The SMILES string of the molecule is C=C(C)CNC(C)(CC)CS(=O)(=O)O. The first kappa shape index (κ1) is 13.6. The molecule has 0 aliphatic carbocycles. The normalized spacial score (nSPS) is 16.3. The molecule has 2 N–H and O–H groups in total. The Morgan fingerprint density at radius 1 is 1.57 bits per heavy atom. The van der Waals surface area contributed by atoms with E-state index in [0.717, 1.165) is 5.57 Å². The lowest BCUT2D eigenvalue weighted by Gasteiger charge is -2.28. The minimum atomic E-state index is -3.93. The van der Waals surface area contributed by atoms with Gasteiger partial charge in [-0.15, -0.1) is 0 Å². The first-order valence-corrected chi connectivity index (χ1v) is 6.14. The van der Waals surface area contributed by atoms with Crippen LogP contribution in [0.15, 0.2) is 12.2 Å². The quantitative estimate of drug-likeness (QED) is 0.522. The van der Waals surface area contributed by atoms with E-state index in [1.54, 1.807) is 6.92 Å². The van der Waals surface area contributed by atoms with E-state index >= 15 is 0 Å². The summed E-state index contributed by atoms with van der Waals surface area (Å²) in [6.07, 6.45) is 0.625. The van der Waals surface area contributed by atoms with E-state index in [2.05, 4.69) is 11.9 Å². The molecule has 1 atom stereocenters. The molecule has 0 fully saturated rings. The van der Waals surface area contributed by atoms with Crippen LogP contribution in [0, 0.1) is 0 Å². The second-order valence-corrected chi connectivity index (χ2v) is 5.40. The van der Waals surface area contributed by atoms with Crippen LogP contribution < -0.4 is 5.32 Å². The Hall–Kier alpha value is -0.390. The third-order valence-electron chi connectivity index (χ3n) is 2.10. The molecule has 0 saturated carbocycles. The zero-order chi connectivity index (χ0) is 11.4. The second kappa shape index (κ2) is 4.91. The molecular weight excluding hydrogens is 202 g/mol. The summed E-state index contributed by atoms with van der Waals surface area (Å²) in [7, 11) is -3.93. The average molecular weight is 221 g/mol. The summed E-state index contributed by atoms with van der Waals surface area (Å²) in [5, 5.41) is 3.06. The standard InChI is InChI=1S/C9H19NO3S/c1-5-9(4,7-14(11,12)13)10-6-8(2)3/h10H,2,5-7H2,1,3-4H3,(H,11,12,13). The van der Waals surface area contributed by atoms with Gasteiger partial charge in [0, 0.05) is 12.1 Å². The molecule has 0 aromatic rings. The molecule has 0 aromatic heterocycles. The average Bonchev–Trinajstić information content (AvgIpc) is 1.98. The van der Waals surface area contributed by atoms with Crippen molar-refractivity contribution in [2.75, 3.05) is 12.3 Å². The van der Waals surface area contributed by atoms with Crippen LogP contribution in [-0.4, -0.2) is 30.8 Å². The van der Waals surface area contributed by atoms with Gasteiger partial charge in [0.25, 0.3) is 10.1 Å². The van der Waals surface area contributed by atoms with Gasteiger partial charge in [-0.3, -0.25) is 4.55 Å². The summed E-state index contributed by atoms with van der Waals surface area (Å²) in [6, 6.07) is 0. The largest absolute Gasteiger partial charge is 0.307 e. The minimum Gasteiger partial charge on any atom is -0.307 e. The Kier molecular flexibility index (Phi) is 4.77. The van der Waals surface area contributed by atoms with Crippen LogP contribution in [0.1, 0.15) is 27.2 Å². The van der Waals surface area contributed by atoms with Crippen LogP contribution in [0.4, 0.5) is 0 Å². The van der Waals surface area contributed by atoms with Gasteiger partial charge in [0.1, 0.15) is 0 Å². The Morgan fingerprint density at radius 2 is 2.07 bits per heavy atom.